The lowest BCUT2D eigenvalue weighted by molar-refractivity contribution is -0.129. The first-order valence-corrected chi connectivity index (χ1v) is 10.2. The number of hydrogen-bond donors (Lipinski definition) is 0. The average Bonchev–Trinajstić information content (AvgIpc) is 2.70. The molecule has 2 aliphatic rings. The molecule has 1 saturated heterocycles. The minimum absolute atomic E-state index is 0.0707. The van der Waals surface area contributed by atoms with Crippen LogP contribution in [-0.2, 0) is 4.79 Å². The van der Waals surface area contributed by atoms with Gasteiger partial charge in [-0.25, -0.2) is 4.39 Å². The molecule has 0 saturated carbocycles. The molecule has 2 aliphatic heterocycles. The van der Waals surface area contributed by atoms with Gasteiger partial charge in [0.05, 0.1) is 29.2 Å². The summed E-state index contributed by atoms with van der Waals surface area (Å²) < 4.78 is 13.7. The summed E-state index contributed by atoms with van der Waals surface area (Å²) in [6.45, 7) is 2.30. The van der Waals surface area contributed by atoms with E-state index in [2.05, 4.69) is 11.0 Å². The van der Waals surface area contributed by atoms with E-state index in [4.69, 9.17) is 11.6 Å². The molecule has 2 aromatic rings. The molecular formula is C21H17ClFN3OS. The van der Waals surface area contributed by atoms with E-state index in [1.807, 2.05) is 25.1 Å². The maximum atomic E-state index is 13.7. The van der Waals surface area contributed by atoms with Crippen LogP contribution in [0.25, 0.3) is 0 Å². The molecule has 4 rings (SSSR count). The molecule has 2 heterocycles. The Bertz CT molecular complexity index is 1030. The highest BCUT2D eigenvalue weighted by molar-refractivity contribution is 8.03. The van der Waals surface area contributed by atoms with Crippen molar-refractivity contribution in [3.05, 3.63) is 75.0 Å². The van der Waals surface area contributed by atoms with Crippen LogP contribution in [0.3, 0.4) is 0 Å². The lowest BCUT2D eigenvalue weighted by atomic mass is 9.86. The van der Waals surface area contributed by atoms with Crippen molar-refractivity contribution >= 4 is 35.0 Å². The largest absolute Gasteiger partial charge is 0.344 e. The van der Waals surface area contributed by atoms with Gasteiger partial charge in [0, 0.05) is 23.0 Å². The van der Waals surface area contributed by atoms with Gasteiger partial charge < -0.3 is 4.90 Å². The van der Waals surface area contributed by atoms with Crippen molar-refractivity contribution in [2.24, 2.45) is 0 Å². The summed E-state index contributed by atoms with van der Waals surface area (Å²) in [7, 11) is 0. The summed E-state index contributed by atoms with van der Waals surface area (Å²) >= 11 is 7.70. The van der Waals surface area contributed by atoms with E-state index in [1.54, 1.807) is 17.0 Å². The molecule has 28 heavy (non-hydrogen) atoms. The average molecular weight is 414 g/mol. The van der Waals surface area contributed by atoms with E-state index < -0.39 is 5.92 Å². The van der Waals surface area contributed by atoms with Gasteiger partial charge in [0.1, 0.15) is 5.82 Å². The molecular weight excluding hydrogens is 397 g/mol. The van der Waals surface area contributed by atoms with E-state index in [0.29, 0.717) is 33.7 Å². The number of nitriles is 1. The van der Waals surface area contributed by atoms with E-state index >= 15 is 0 Å². The van der Waals surface area contributed by atoms with E-state index in [1.165, 1.54) is 23.9 Å². The summed E-state index contributed by atoms with van der Waals surface area (Å²) in [6, 6.07) is 14.2. The first-order valence-electron chi connectivity index (χ1n) is 8.82. The van der Waals surface area contributed by atoms with Gasteiger partial charge >= 0.3 is 0 Å². The molecule has 0 spiro atoms. The fraction of sp³-hybridized carbons (Fsp3) is 0.238. The van der Waals surface area contributed by atoms with Crippen molar-refractivity contribution in [2.75, 3.05) is 17.4 Å². The van der Waals surface area contributed by atoms with Crippen LogP contribution >= 0.6 is 23.4 Å². The number of carbonyl (C=O) groups excluding carboxylic acids is 1. The van der Waals surface area contributed by atoms with Gasteiger partial charge in [-0.15, -0.1) is 0 Å². The van der Waals surface area contributed by atoms with Gasteiger partial charge in [0.2, 0.25) is 5.91 Å². The van der Waals surface area contributed by atoms with E-state index in [-0.39, 0.29) is 18.1 Å². The number of rotatable bonds is 2. The van der Waals surface area contributed by atoms with Crippen LogP contribution in [0.4, 0.5) is 10.1 Å². The van der Waals surface area contributed by atoms with E-state index in [0.717, 1.165) is 11.3 Å². The highest BCUT2D eigenvalue weighted by Gasteiger charge is 2.38. The Kier molecular flexibility index (Phi) is 5.05. The van der Waals surface area contributed by atoms with Crippen molar-refractivity contribution < 1.29 is 9.18 Å². The lowest BCUT2D eigenvalue weighted by Crippen LogP contribution is -2.47. The van der Waals surface area contributed by atoms with Gasteiger partial charge in [-0.1, -0.05) is 41.6 Å². The third kappa shape index (κ3) is 3.36. The number of allylic oxidation sites excluding steroid dienone is 1. The Balaban J connectivity index is 1.67. The highest BCUT2D eigenvalue weighted by Crippen LogP contribution is 2.43. The van der Waals surface area contributed by atoms with Crippen molar-refractivity contribution in [3.8, 4) is 6.07 Å². The Morgan fingerprint density at radius 3 is 2.82 bits per heavy atom. The number of hydrogen-bond acceptors (Lipinski definition) is 4. The third-order valence-corrected chi connectivity index (χ3v) is 6.63. The van der Waals surface area contributed by atoms with Crippen LogP contribution < -0.4 is 4.90 Å². The lowest BCUT2D eigenvalue weighted by Gasteiger charge is -2.42. The molecule has 0 radical (unpaired) electrons. The van der Waals surface area contributed by atoms with E-state index in [9.17, 15) is 14.4 Å². The zero-order valence-corrected chi connectivity index (χ0v) is 16.7. The third-order valence-electron chi connectivity index (χ3n) is 5.07. The standard InChI is InChI=1S/C21H17ClFN3OS/c1-13-5-6-16(8-19(13)22)25-11-26-20(27)9-17(14-3-2-4-15(23)7-14)18(10-24)21(26)28-12-25/h2-8,17H,9,11-12H2,1H3/t17-/m0/s1. The zero-order valence-electron chi connectivity index (χ0n) is 15.2. The summed E-state index contributed by atoms with van der Waals surface area (Å²) in [5.41, 5.74) is 3.11. The molecule has 1 atom stereocenters. The number of fused-ring (bicyclic) bond motifs is 1. The fourth-order valence-corrected chi connectivity index (χ4v) is 4.85. The first kappa shape index (κ1) is 18.9. The number of benzene rings is 2. The predicted molar refractivity (Wildman–Crippen MR) is 109 cm³/mol. The topological polar surface area (TPSA) is 47.3 Å². The first-order chi connectivity index (χ1) is 13.5. The molecule has 0 aromatic heterocycles. The molecule has 0 N–H and O–H groups in total. The van der Waals surface area contributed by atoms with Gasteiger partial charge in [-0.3, -0.25) is 9.69 Å². The number of carbonyl (C=O) groups is 1. The van der Waals surface area contributed by atoms with Gasteiger partial charge in [0.25, 0.3) is 0 Å². The zero-order chi connectivity index (χ0) is 19.8. The van der Waals surface area contributed by atoms with Gasteiger partial charge in [0.15, 0.2) is 0 Å². The summed E-state index contributed by atoms with van der Waals surface area (Å²) in [6.07, 6.45) is 0.152. The Hall–Kier alpha value is -2.49. The second-order valence-corrected chi connectivity index (χ2v) is 8.19. The molecule has 0 bridgehead atoms. The monoisotopic (exact) mass is 413 g/mol. The summed E-state index contributed by atoms with van der Waals surface area (Å²) in [5, 5.41) is 11.1. The predicted octanol–water partition coefficient (Wildman–Crippen LogP) is 5.01. The van der Waals surface area contributed by atoms with Crippen LogP contribution in [0.2, 0.25) is 5.02 Å². The number of thioether (sulfide) groups is 1. The Morgan fingerprint density at radius 1 is 1.29 bits per heavy atom. The minimum atomic E-state index is -0.410. The SMILES string of the molecule is Cc1ccc(N2CSC3=C(C#N)[C@H](c4cccc(F)c4)CC(=O)N3C2)cc1Cl. The molecule has 4 nitrogen and oxygen atoms in total. The second-order valence-electron chi connectivity index (χ2n) is 6.85. The fourth-order valence-electron chi connectivity index (χ4n) is 3.51. The molecule has 7 heteroatoms. The van der Waals surface area contributed by atoms with Crippen molar-refractivity contribution in [1.29, 1.82) is 5.26 Å². The number of anilines is 1. The quantitative estimate of drug-likeness (QED) is 0.694. The summed E-state index contributed by atoms with van der Waals surface area (Å²) in [4.78, 5) is 16.6. The maximum Gasteiger partial charge on any atom is 0.229 e. The normalized spacial score (nSPS) is 19.5. The second kappa shape index (κ2) is 7.50. The van der Waals surface area contributed by atoms with Crippen molar-refractivity contribution in [1.82, 2.24) is 4.90 Å². The van der Waals surface area contributed by atoms with Crippen LogP contribution in [0, 0.1) is 24.1 Å². The number of aryl methyl sites for hydroxylation is 1. The van der Waals surface area contributed by atoms with Crippen molar-refractivity contribution in [3.63, 3.8) is 0 Å². The van der Waals surface area contributed by atoms with Crippen molar-refractivity contribution in [2.45, 2.75) is 19.3 Å². The minimum Gasteiger partial charge on any atom is -0.344 e. The maximum absolute atomic E-state index is 13.7. The summed E-state index contributed by atoms with van der Waals surface area (Å²) in [5.74, 6) is -0.251. The molecule has 1 amide bonds. The van der Waals surface area contributed by atoms with Crippen LogP contribution in [-0.4, -0.2) is 23.4 Å². The number of nitrogens with zero attached hydrogens (tertiary/aromatic N) is 3. The van der Waals surface area contributed by atoms with Crippen LogP contribution in [0.5, 0.6) is 0 Å². The number of amides is 1. The molecule has 0 unspecified atom stereocenters. The van der Waals surface area contributed by atoms with Crippen LogP contribution in [0.1, 0.15) is 23.5 Å². The molecule has 2 aromatic carbocycles. The Labute approximate surface area is 172 Å². The van der Waals surface area contributed by atoms with Gasteiger partial charge in [-0.2, -0.15) is 5.26 Å². The smallest absolute Gasteiger partial charge is 0.229 e. The molecule has 1 fully saturated rings. The van der Waals surface area contributed by atoms with Gasteiger partial charge in [-0.05, 0) is 42.3 Å². The Morgan fingerprint density at radius 2 is 2.11 bits per heavy atom. The number of halogens is 2. The highest BCUT2D eigenvalue weighted by atomic mass is 35.5. The molecule has 0 aliphatic carbocycles. The molecule has 142 valence electrons. The van der Waals surface area contributed by atoms with Crippen LogP contribution in [0.15, 0.2) is 53.1 Å².